The van der Waals surface area contributed by atoms with Crippen molar-refractivity contribution in [3.05, 3.63) is 131 Å². The third-order valence-corrected chi connectivity index (χ3v) is 10.8. The van der Waals surface area contributed by atoms with Crippen molar-refractivity contribution < 1.29 is 68.6 Å². The summed E-state index contributed by atoms with van der Waals surface area (Å²) in [6.45, 7) is 0.736. The monoisotopic (exact) mass is 845 g/mol. The van der Waals surface area contributed by atoms with Crippen molar-refractivity contribution in [3.8, 4) is 11.5 Å². The van der Waals surface area contributed by atoms with E-state index in [0.29, 0.717) is 23.5 Å². The number of hydrogen-bond acceptors (Lipinski definition) is 15. The van der Waals surface area contributed by atoms with Crippen LogP contribution in [-0.4, -0.2) is 130 Å². The van der Waals surface area contributed by atoms with Gasteiger partial charge in [0.15, 0.2) is 6.29 Å². The standard InChI is InChI=1S/C45H53N2O14/c1-26(30-10-6-3-7-11-30)36(46)43(55)47-31(21-48)20-27-12-18-33(19-13-27)58-44-40(54)39(53)41(35(23-50)60-44)61-45-42(38(52)37(51)34(22-49)59-45)57-25-29-14-16-32(17-15-29)56-24-28-8-4-2-5-9-28/h2-19,26,31,34-42,44-45,49-54H,20,22-25,46H2,1H3,(H,47,55). The Morgan fingerprint density at radius 2 is 1.28 bits per heavy atom. The molecule has 0 bridgehead atoms. The zero-order chi connectivity index (χ0) is 43.5. The first kappa shape index (κ1) is 45.7. The van der Waals surface area contributed by atoms with Crippen molar-refractivity contribution >= 4 is 12.2 Å². The van der Waals surface area contributed by atoms with Crippen LogP contribution in [0, 0.1) is 0 Å². The minimum atomic E-state index is -1.73. The largest absolute Gasteiger partial charge is 0.489 e. The lowest BCUT2D eigenvalue weighted by atomic mass is 9.93. The van der Waals surface area contributed by atoms with Crippen LogP contribution >= 0.6 is 0 Å². The Morgan fingerprint density at radius 1 is 0.705 bits per heavy atom. The fourth-order valence-electron chi connectivity index (χ4n) is 7.09. The van der Waals surface area contributed by atoms with Gasteiger partial charge in [0.05, 0.1) is 31.9 Å². The molecular formula is C45H53N2O14. The summed E-state index contributed by atoms with van der Waals surface area (Å²) in [5.74, 6) is 0.0226. The molecule has 0 spiro atoms. The van der Waals surface area contributed by atoms with Gasteiger partial charge >= 0.3 is 0 Å². The molecule has 0 aromatic heterocycles. The number of carbonyl (C=O) groups is 1. The fraction of sp³-hybridized carbons (Fsp3) is 0.422. The number of rotatable bonds is 19. The van der Waals surface area contributed by atoms with Crippen LogP contribution < -0.4 is 20.5 Å². The highest BCUT2D eigenvalue weighted by Gasteiger charge is 2.52. The molecule has 327 valence electrons. The number of aliphatic hydroxyl groups excluding tert-OH is 6. The number of ether oxygens (including phenoxy) is 6. The van der Waals surface area contributed by atoms with Gasteiger partial charge in [0.2, 0.25) is 18.5 Å². The van der Waals surface area contributed by atoms with Crippen LogP contribution in [0.4, 0.5) is 0 Å². The average Bonchev–Trinajstić information content (AvgIpc) is 3.29. The van der Waals surface area contributed by atoms with E-state index in [0.717, 1.165) is 11.1 Å². The minimum Gasteiger partial charge on any atom is -0.489 e. The molecule has 2 saturated heterocycles. The predicted molar refractivity (Wildman–Crippen MR) is 217 cm³/mol. The van der Waals surface area contributed by atoms with Gasteiger partial charge in [-0.25, -0.2) is 0 Å². The summed E-state index contributed by atoms with van der Waals surface area (Å²) < 4.78 is 35.3. The highest BCUT2D eigenvalue weighted by Crippen LogP contribution is 2.32. The zero-order valence-electron chi connectivity index (χ0n) is 33.5. The van der Waals surface area contributed by atoms with Gasteiger partial charge < -0.3 is 70.1 Å². The molecule has 61 heavy (non-hydrogen) atoms. The van der Waals surface area contributed by atoms with Crippen LogP contribution in [-0.2, 0) is 48.2 Å². The summed E-state index contributed by atoms with van der Waals surface area (Å²) in [5, 5.41) is 67.0. The van der Waals surface area contributed by atoms with E-state index in [-0.39, 0.29) is 24.7 Å². The number of amides is 1. The summed E-state index contributed by atoms with van der Waals surface area (Å²) in [6, 6.07) is 30.5. The molecule has 2 fully saturated rings. The van der Waals surface area contributed by atoms with E-state index >= 15 is 0 Å². The van der Waals surface area contributed by atoms with Crippen molar-refractivity contribution in [1.82, 2.24) is 5.32 Å². The predicted octanol–water partition coefficient (Wildman–Crippen LogP) is 0.761. The number of benzene rings is 4. The maximum atomic E-state index is 12.9. The fourth-order valence-corrected chi connectivity index (χ4v) is 7.09. The van der Waals surface area contributed by atoms with E-state index in [1.54, 1.807) is 36.4 Å². The van der Waals surface area contributed by atoms with Crippen molar-refractivity contribution in [1.29, 1.82) is 0 Å². The van der Waals surface area contributed by atoms with Crippen LogP contribution in [0.2, 0.25) is 0 Å². The molecule has 13 atom stereocenters. The van der Waals surface area contributed by atoms with E-state index in [1.165, 1.54) is 12.1 Å². The smallest absolute Gasteiger partial charge is 0.238 e. The van der Waals surface area contributed by atoms with Crippen molar-refractivity contribution in [2.24, 2.45) is 5.73 Å². The quantitative estimate of drug-likeness (QED) is 0.0649. The Morgan fingerprint density at radius 3 is 1.92 bits per heavy atom. The number of aliphatic hydroxyl groups is 6. The van der Waals surface area contributed by atoms with Gasteiger partial charge in [-0.15, -0.1) is 0 Å². The SMILES string of the molecule is CC(c1ccccc1)C(N)C(=O)NC([C]=O)Cc1ccc(OC2OC(CO)C(OC3OC(CO)C(O)C(O)C3OCc3ccc(OCc4ccccc4)cc3)C(O)C2O)cc1. The Bertz CT molecular complexity index is 1940. The molecule has 0 aliphatic carbocycles. The highest BCUT2D eigenvalue weighted by atomic mass is 16.7. The van der Waals surface area contributed by atoms with Crippen LogP contribution in [0.1, 0.15) is 35.1 Å². The Hall–Kier alpha value is -4.82. The van der Waals surface area contributed by atoms with Gasteiger partial charge in [0.25, 0.3) is 0 Å². The van der Waals surface area contributed by atoms with E-state index in [4.69, 9.17) is 34.2 Å². The number of hydrogen-bond donors (Lipinski definition) is 8. The molecule has 0 saturated carbocycles. The molecule has 4 aromatic rings. The maximum absolute atomic E-state index is 12.9. The van der Waals surface area contributed by atoms with Crippen LogP contribution in [0.3, 0.4) is 0 Å². The van der Waals surface area contributed by atoms with Gasteiger partial charge in [-0.3, -0.25) is 9.59 Å². The van der Waals surface area contributed by atoms with Crippen molar-refractivity contribution in [3.63, 3.8) is 0 Å². The molecule has 9 N–H and O–H groups in total. The van der Waals surface area contributed by atoms with Gasteiger partial charge in [0.1, 0.15) is 66.9 Å². The van der Waals surface area contributed by atoms with E-state index in [9.17, 15) is 40.2 Å². The molecular weight excluding hydrogens is 792 g/mol. The molecule has 1 amide bonds. The van der Waals surface area contributed by atoms with E-state index in [1.807, 2.05) is 73.9 Å². The first-order valence-electron chi connectivity index (χ1n) is 20.0. The summed E-state index contributed by atoms with van der Waals surface area (Å²) >= 11 is 0. The Kier molecular flexibility index (Phi) is 16.3. The molecule has 2 aliphatic heterocycles. The second-order valence-electron chi connectivity index (χ2n) is 15.1. The summed E-state index contributed by atoms with van der Waals surface area (Å²) in [6.07, 6.45) is -13.1. The van der Waals surface area contributed by atoms with Crippen molar-refractivity contribution in [2.75, 3.05) is 13.2 Å². The van der Waals surface area contributed by atoms with E-state index < -0.39 is 92.6 Å². The lowest BCUT2D eigenvalue weighted by Crippen LogP contribution is -2.65. The second-order valence-corrected chi connectivity index (χ2v) is 15.1. The molecule has 16 heteroatoms. The summed E-state index contributed by atoms with van der Waals surface area (Å²) in [5.41, 5.74) is 9.41. The first-order valence-corrected chi connectivity index (χ1v) is 20.0. The Labute approximate surface area is 353 Å². The van der Waals surface area contributed by atoms with Crippen LogP contribution in [0.15, 0.2) is 109 Å². The van der Waals surface area contributed by atoms with Gasteiger partial charge in [-0.2, -0.15) is 0 Å². The van der Waals surface area contributed by atoms with Crippen molar-refractivity contribution in [2.45, 2.75) is 106 Å². The summed E-state index contributed by atoms with van der Waals surface area (Å²) in [4.78, 5) is 24.7. The first-order chi connectivity index (χ1) is 29.5. The molecule has 6 rings (SSSR count). The topological polar surface area (TPSA) is 249 Å². The van der Waals surface area contributed by atoms with Gasteiger partial charge in [-0.1, -0.05) is 91.9 Å². The Balaban J connectivity index is 1.04. The molecule has 1 radical (unpaired) electrons. The zero-order valence-corrected chi connectivity index (χ0v) is 33.5. The molecule has 16 nitrogen and oxygen atoms in total. The van der Waals surface area contributed by atoms with E-state index in [2.05, 4.69) is 5.32 Å². The number of nitrogens with one attached hydrogen (secondary N) is 1. The van der Waals surface area contributed by atoms with Gasteiger partial charge in [0, 0.05) is 12.3 Å². The summed E-state index contributed by atoms with van der Waals surface area (Å²) in [7, 11) is 0. The van der Waals surface area contributed by atoms with Gasteiger partial charge in [-0.05, 0) is 46.5 Å². The lowest BCUT2D eigenvalue weighted by Gasteiger charge is -2.46. The average molecular weight is 846 g/mol. The third-order valence-electron chi connectivity index (χ3n) is 10.8. The molecule has 2 aliphatic rings. The maximum Gasteiger partial charge on any atom is 0.238 e. The number of nitrogens with two attached hydrogens (primary N) is 1. The molecule has 2 heterocycles. The second kappa shape index (κ2) is 21.8. The minimum absolute atomic E-state index is 0.0736. The lowest BCUT2D eigenvalue weighted by molar-refractivity contribution is -0.357. The molecule has 4 aromatic carbocycles. The normalized spacial score (nSPS) is 27.9. The molecule has 13 unspecified atom stereocenters. The van der Waals surface area contributed by atoms with Crippen LogP contribution in [0.5, 0.6) is 11.5 Å². The number of carbonyl (C=O) groups excluding carboxylic acids is 2. The third kappa shape index (κ3) is 11.8. The van der Waals surface area contributed by atoms with Crippen LogP contribution in [0.25, 0.3) is 0 Å². The highest BCUT2D eigenvalue weighted by molar-refractivity contribution is 5.85.